The third kappa shape index (κ3) is 7.00. The largest absolute Gasteiger partial charge is 0.444 e. The van der Waals surface area contributed by atoms with E-state index in [1.807, 2.05) is 5.32 Å². The van der Waals surface area contributed by atoms with Crippen LogP contribution in [0.5, 0.6) is 0 Å². The van der Waals surface area contributed by atoms with Gasteiger partial charge in [0.2, 0.25) is 5.91 Å². The molecule has 2 amide bonds. The van der Waals surface area contributed by atoms with E-state index < -0.39 is 42.3 Å². The van der Waals surface area contributed by atoms with Gasteiger partial charge in [-0.3, -0.25) is 4.79 Å². The Morgan fingerprint density at radius 3 is 2.27 bits per heavy atom. The highest BCUT2D eigenvalue weighted by molar-refractivity contribution is 5.80. The molecule has 1 saturated carbocycles. The molecule has 1 fully saturated rings. The summed E-state index contributed by atoms with van der Waals surface area (Å²) in [6, 6.07) is -0.503. The maximum Gasteiger partial charge on any atom is 0.407 e. The molecule has 5 nitrogen and oxygen atoms in total. The van der Waals surface area contributed by atoms with Crippen molar-refractivity contribution in [1.29, 1.82) is 0 Å². The number of halogens is 3. The predicted octanol–water partition coefficient (Wildman–Crippen LogP) is 2.75. The Labute approximate surface area is 128 Å². The first-order chi connectivity index (χ1) is 9.98. The van der Waals surface area contributed by atoms with Gasteiger partial charge in [0.25, 0.3) is 0 Å². The summed E-state index contributed by atoms with van der Waals surface area (Å²) in [5, 5.41) is 4.49. The van der Waals surface area contributed by atoms with Crippen molar-refractivity contribution in [2.24, 2.45) is 5.92 Å². The van der Waals surface area contributed by atoms with E-state index in [0.29, 0.717) is 12.8 Å². The molecule has 0 aromatic rings. The fourth-order valence-electron chi connectivity index (χ4n) is 2.39. The Hall–Kier alpha value is -1.47. The fourth-order valence-corrected chi connectivity index (χ4v) is 2.39. The number of amides is 2. The minimum absolute atomic E-state index is 0.449. The second-order valence-corrected chi connectivity index (χ2v) is 6.48. The van der Waals surface area contributed by atoms with Crippen LogP contribution in [0.25, 0.3) is 0 Å². The van der Waals surface area contributed by atoms with E-state index in [1.54, 1.807) is 20.8 Å². The molecule has 1 aliphatic rings. The Morgan fingerprint density at radius 1 is 1.14 bits per heavy atom. The van der Waals surface area contributed by atoms with Crippen molar-refractivity contribution in [1.82, 2.24) is 10.6 Å². The van der Waals surface area contributed by atoms with Gasteiger partial charge in [-0.15, -0.1) is 0 Å². The van der Waals surface area contributed by atoms with E-state index in [2.05, 4.69) is 5.32 Å². The SMILES string of the molecule is CC(C)(C)OC(=O)NC1CCCCC1C(=O)NCC(F)(F)F. The first kappa shape index (κ1) is 18.6. The summed E-state index contributed by atoms with van der Waals surface area (Å²) in [6.07, 6.45) is -2.56. The third-order valence-corrected chi connectivity index (χ3v) is 3.27. The zero-order chi connectivity index (χ0) is 17.0. The second-order valence-electron chi connectivity index (χ2n) is 6.48. The maximum atomic E-state index is 12.2. The van der Waals surface area contributed by atoms with E-state index in [4.69, 9.17) is 4.74 Å². The molecule has 128 valence electrons. The number of nitrogens with one attached hydrogen (secondary N) is 2. The van der Waals surface area contributed by atoms with Crippen LogP contribution in [-0.2, 0) is 9.53 Å². The molecule has 0 aliphatic heterocycles. The summed E-state index contributed by atoms with van der Waals surface area (Å²) >= 11 is 0. The average molecular weight is 324 g/mol. The van der Waals surface area contributed by atoms with Crippen molar-refractivity contribution in [2.75, 3.05) is 6.54 Å². The molecule has 22 heavy (non-hydrogen) atoms. The lowest BCUT2D eigenvalue weighted by Crippen LogP contribution is -2.50. The van der Waals surface area contributed by atoms with Gasteiger partial charge in [0.1, 0.15) is 12.1 Å². The molecule has 0 aromatic carbocycles. The van der Waals surface area contributed by atoms with Crippen molar-refractivity contribution in [2.45, 2.75) is 64.3 Å². The van der Waals surface area contributed by atoms with Gasteiger partial charge in [-0.1, -0.05) is 12.8 Å². The quantitative estimate of drug-likeness (QED) is 0.839. The number of rotatable bonds is 3. The van der Waals surface area contributed by atoms with Crippen LogP contribution in [0.4, 0.5) is 18.0 Å². The molecule has 0 heterocycles. The molecule has 0 spiro atoms. The van der Waals surface area contributed by atoms with Gasteiger partial charge in [-0.25, -0.2) is 4.79 Å². The topological polar surface area (TPSA) is 67.4 Å². The van der Waals surface area contributed by atoms with E-state index in [9.17, 15) is 22.8 Å². The van der Waals surface area contributed by atoms with Crippen LogP contribution >= 0.6 is 0 Å². The number of ether oxygens (including phenoxy) is 1. The number of hydrogen-bond donors (Lipinski definition) is 2. The van der Waals surface area contributed by atoms with Gasteiger partial charge in [-0.05, 0) is 33.6 Å². The molecule has 0 saturated heterocycles. The summed E-state index contributed by atoms with van der Waals surface area (Å²) in [6.45, 7) is 3.77. The van der Waals surface area contributed by atoms with E-state index in [0.717, 1.165) is 12.8 Å². The van der Waals surface area contributed by atoms with Crippen LogP contribution in [0.1, 0.15) is 46.5 Å². The van der Waals surface area contributed by atoms with E-state index in [-0.39, 0.29) is 0 Å². The van der Waals surface area contributed by atoms with Gasteiger partial charge in [-0.2, -0.15) is 13.2 Å². The molecular weight excluding hydrogens is 301 g/mol. The van der Waals surface area contributed by atoms with Crippen LogP contribution in [0.15, 0.2) is 0 Å². The highest BCUT2D eigenvalue weighted by Gasteiger charge is 2.35. The molecule has 2 atom stereocenters. The fraction of sp³-hybridized carbons (Fsp3) is 0.857. The number of carbonyl (C=O) groups is 2. The monoisotopic (exact) mass is 324 g/mol. The lowest BCUT2D eigenvalue weighted by Gasteiger charge is -2.32. The third-order valence-electron chi connectivity index (χ3n) is 3.27. The maximum absolute atomic E-state index is 12.2. The van der Waals surface area contributed by atoms with Gasteiger partial charge in [0.15, 0.2) is 0 Å². The second kappa shape index (κ2) is 7.19. The van der Waals surface area contributed by atoms with Crippen LogP contribution in [0.2, 0.25) is 0 Å². The summed E-state index contributed by atoms with van der Waals surface area (Å²) in [5.74, 6) is -1.35. The summed E-state index contributed by atoms with van der Waals surface area (Å²) in [4.78, 5) is 23.7. The van der Waals surface area contributed by atoms with Crippen LogP contribution in [0, 0.1) is 5.92 Å². The number of alkyl carbamates (subject to hydrolysis) is 1. The number of carbonyl (C=O) groups excluding carboxylic acids is 2. The van der Waals surface area contributed by atoms with Crippen LogP contribution in [-0.4, -0.2) is 36.4 Å². The molecule has 2 unspecified atom stereocenters. The van der Waals surface area contributed by atoms with Gasteiger partial charge >= 0.3 is 12.3 Å². The van der Waals surface area contributed by atoms with Gasteiger partial charge in [0.05, 0.1) is 5.92 Å². The molecule has 0 aromatic heterocycles. The Kier molecular flexibility index (Phi) is 6.08. The highest BCUT2D eigenvalue weighted by atomic mass is 19.4. The smallest absolute Gasteiger partial charge is 0.407 e. The Morgan fingerprint density at radius 2 is 1.73 bits per heavy atom. The summed E-state index contributed by atoms with van der Waals surface area (Å²) in [5.41, 5.74) is -0.674. The summed E-state index contributed by atoms with van der Waals surface area (Å²) in [7, 11) is 0. The zero-order valence-corrected chi connectivity index (χ0v) is 13.0. The zero-order valence-electron chi connectivity index (χ0n) is 13.0. The van der Waals surface area contributed by atoms with Crippen molar-refractivity contribution in [3.05, 3.63) is 0 Å². The Bertz CT molecular complexity index is 405. The predicted molar refractivity (Wildman–Crippen MR) is 74.2 cm³/mol. The Balaban J connectivity index is 2.59. The molecule has 2 N–H and O–H groups in total. The number of hydrogen-bond acceptors (Lipinski definition) is 3. The molecule has 0 bridgehead atoms. The van der Waals surface area contributed by atoms with Crippen molar-refractivity contribution in [3.8, 4) is 0 Å². The highest BCUT2D eigenvalue weighted by Crippen LogP contribution is 2.25. The van der Waals surface area contributed by atoms with Crippen molar-refractivity contribution < 1.29 is 27.5 Å². The first-order valence-corrected chi connectivity index (χ1v) is 7.32. The van der Waals surface area contributed by atoms with Gasteiger partial charge < -0.3 is 15.4 Å². The molecular formula is C14H23F3N2O3. The normalized spacial score (nSPS) is 22.8. The molecule has 1 aliphatic carbocycles. The minimum atomic E-state index is -4.45. The standard InChI is InChI=1S/C14H23F3N2O3/c1-13(2,3)22-12(21)19-10-7-5-4-6-9(10)11(20)18-8-14(15,16)17/h9-10H,4-8H2,1-3H3,(H,18,20)(H,19,21). The van der Waals surface area contributed by atoms with Crippen molar-refractivity contribution in [3.63, 3.8) is 0 Å². The van der Waals surface area contributed by atoms with E-state index >= 15 is 0 Å². The summed E-state index contributed by atoms with van der Waals surface area (Å²) < 4.78 is 41.6. The molecule has 0 radical (unpaired) electrons. The molecule has 8 heteroatoms. The van der Waals surface area contributed by atoms with Crippen molar-refractivity contribution >= 4 is 12.0 Å². The lowest BCUT2D eigenvalue weighted by molar-refractivity contribution is -0.141. The first-order valence-electron chi connectivity index (χ1n) is 7.32. The average Bonchev–Trinajstić information content (AvgIpc) is 2.33. The lowest BCUT2D eigenvalue weighted by atomic mass is 9.84. The van der Waals surface area contributed by atoms with Gasteiger partial charge in [0, 0.05) is 6.04 Å². The van der Waals surface area contributed by atoms with Crippen LogP contribution < -0.4 is 10.6 Å². The van der Waals surface area contributed by atoms with Crippen LogP contribution in [0.3, 0.4) is 0 Å². The minimum Gasteiger partial charge on any atom is -0.444 e. The molecule has 1 rings (SSSR count). The van der Waals surface area contributed by atoms with E-state index in [1.165, 1.54) is 0 Å². The number of alkyl halides is 3.